The van der Waals surface area contributed by atoms with Gasteiger partial charge in [-0.15, -0.1) is 0 Å². The Kier molecular flexibility index (Phi) is 4.61. The van der Waals surface area contributed by atoms with Gasteiger partial charge in [0.05, 0.1) is 12.6 Å². The van der Waals surface area contributed by atoms with E-state index in [-0.39, 0.29) is 11.9 Å². The van der Waals surface area contributed by atoms with Crippen LogP contribution in [0.4, 0.5) is 0 Å². The van der Waals surface area contributed by atoms with Crippen LogP contribution in [-0.4, -0.2) is 27.6 Å². The summed E-state index contributed by atoms with van der Waals surface area (Å²) in [7, 11) is 0. The van der Waals surface area contributed by atoms with Crippen molar-refractivity contribution < 1.29 is 14.1 Å². The lowest BCUT2D eigenvalue weighted by atomic mass is 10.1. The number of nitrogens with one attached hydrogen (secondary N) is 1. The SMILES string of the molecule is CC[C@@H](NC(=O)c1ccc(C2CC2)c(OCC2CC2)n1)c1noc(C)n1. The monoisotopic (exact) mass is 356 g/mol. The highest BCUT2D eigenvalue weighted by atomic mass is 16.5. The lowest BCUT2D eigenvalue weighted by Gasteiger charge is -2.15. The van der Waals surface area contributed by atoms with Crippen LogP contribution in [0.2, 0.25) is 0 Å². The Morgan fingerprint density at radius 2 is 2.12 bits per heavy atom. The smallest absolute Gasteiger partial charge is 0.270 e. The number of carbonyl (C=O) groups excluding carboxylic acids is 1. The lowest BCUT2D eigenvalue weighted by molar-refractivity contribution is 0.0927. The van der Waals surface area contributed by atoms with Gasteiger partial charge < -0.3 is 14.6 Å². The third-order valence-electron chi connectivity index (χ3n) is 4.86. The first kappa shape index (κ1) is 17.0. The minimum Gasteiger partial charge on any atom is -0.477 e. The number of rotatable bonds is 8. The molecule has 138 valence electrons. The summed E-state index contributed by atoms with van der Waals surface area (Å²) in [5.74, 6) is 2.51. The predicted molar refractivity (Wildman–Crippen MR) is 94.0 cm³/mol. The number of amides is 1. The Labute approximate surface area is 152 Å². The molecule has 2 aromatic rings. The van der Waals surface area contributed by atoms with Crippen molar-refractivity contribution in [3.05, 3.63) is 35.1 Å². The summed E-state index contributed by atoms with van der Waals surface area (Å²) in [5.41, 5.74) is 1.49. The standard InChI is InChI=1S/C19H24N4O3/c1-3-15(17-20-11(2)26-23-17)21-18(24)16-9-8-14(13-6-7-13)19(22-16)25-10-12-4-5-12/h8-9,12-13,15H,3-7,10H2,1-2H3,(H,21,24)/t15-/m1/s1. The van der Waals surface area contributed by atoms with Crippen molar-refractivity contribution in [3.63, 3.8) is 0 Å². The Morgan fingerprint density at radius 3 is 2.73 bits per heavy atom. The molecule has 1 N–H and O–H groups in total. The number of aromatic nitrogens is 3. The number of nitrogens with zero attached hydrogens (tertiary/aromatic N) is 3. The zero-order valence-electron chi connectivity index (χ0n) is 15.2. The summed E-state index contributed by atoms with van der Waals surface area (Å²) < 4.78 is 11.0. The fraction of sp³-hybridized carbons (Fsp3) is 0.579. The first-order chi connectivity index (χ1) is 12.6. The second-order valence-corrected chi connectivity index (χ2v) is 7.23. The molecule has 2 aromatic heterocycles. The molecule has 26 heavy (non-hydrogen) atoms. The van der Waals surface area contributed by atoms with E-state index in [4.69, 9.17) is 9.26 Å². The van der Waals surface area contributed by atoms with Crippen molar-refractivity contribution in [2.24, 2.45) is 5.92 Å². The maximum Gasteiger partial charge on any atom is 0.270 e. The Balaban J connectivity index is 1.49. The van der Waals surface area contributed by atoms with Gasteiger partial charge in [-0.1, -0.05) is 18.1 Å². The topological polar surface area (TPSA) is 90.1 Å². The number of aryl methyl sites for hydroxylation is 1. The van der Waals surface area contributed by atoms with Crippen molar-refractivity contribution in [2.45, 2.75) is 57.9 Å². The highest BCUT2D eigenvalue weighted by molar-refractivity contribution is 5.92. The molecule has 0 unspecified atom stereocenters. The molecule has 2 saturated carbocycles. The molecule has 2 aliphatic carbocycles. The third kappa shape index (κ3) is 3.86. The van der Waals surface area contributed by atoms with Crippen molar-refractivity contribution in [1.82, 2.24) is 20.4 Å². The number of hydrogen-bond acceptors (Lipinski definition) is 6. The minimum absolute atomic E-state index is 0.252. The van der Waals surface area contributed by atoms with Gasteiger partial charge in [0.2, 0.25) is 11.8 Å². The van der Waals surface area contributed by atoms with Crippen molar-refractivity contribution >= 4 is 5.91 Å². The van der Waals surface area contributed by atoms with Crippen LogP contribution in [0.25, 0.3) is 0 Å². The van der Waals surface area contributed by atoms with Gasteiger partial charge >= 0.3 is 0 Å². The van der Waals surface area contributed by atoms with Crippen LogP contribution < -0.4 is 10.1 Å². The molecule has 7 nitrogen and oxygen atoms in total. The zero-order chi connectivity index (χ0) is 18.1. The van der Waals surface area contributed by atoms with Gasteiger partial charge in [-0.25, -0.2) is 4.98 Å². The van der Waals surface area contributed by atoms with Crippen LogP contribution in [0.3, 0.4) is 0 Å². The first-order valence-electron chi connectivity index (χ1n) is 9.38. The molecular weight excluding hydrogens is 332 g/mol. The average molecular weight is 356 g/mol. The molecule has 0 saturated heterocycles. The van der Waals surface area contributed by atoms with Crippen LogP contribution in [0, 0.1) is 12.8 Å². The molecule has 2 fully saturated rings. The normalized spacial score (nSPS) is 17.8. The summed E-state index contributed by atoms with van der Waals surface area (Å²) in [5, 5.41) is 6.85. The number of carbonyl (C=O) groups is 1. The van der Waals surface area contributed by atoms with Crippen LogP contribution in [0.5, 0.6) is 5.88 Å². The van der Waals surface area contributed by atoms with Gasteiger partial charge in [0.1, 0.15) is 5.69 Å². The van der Waals surface area contributed by atoms with Gasteiger partial charge in [0.15, 0.2) is 5.82 Å². The van der Waals surface area contributed by atoms with Crippen LogP contribution in [-0.2, 0) is 0 Å². The summed E-state index contributed by atoms with van der Waals surface area (Å²) in [4.78, 5) is 21.4. The first-order valence-corrected chi connectivity index (χ1v) is 9.38. The van der Waals surface area contributed by atoms with E-state index in [1.165, 1.54) is 25.7 Å². The highest BCUT2D eigenvalue weighted by Gasteiger charge is 2.30. The molecule has 0 aromatic carbocycles. The van der Waals surface area contributed by atoms with Gasteiger partial charge in [0, 0.05) is 12.5 Å². The van der Waals surface area contributed by atoms with E-state index >= 15 is 0 Å². The third-order valence-corrected chi connectivity index (χ3v) is 4.86. The summed E-state index contributed by atoms with van der Waals surface area (Å²) >= 11 is 0. The number of ether oxygens (including phenoxy) is 1. The van der Waals surface area contributed by atoms with Crippen molar-refractivity contribution in [1.29, 1.82) is 0 Å². The quantitative estimate of drug-likeness (QED) is 0.780. The highest BCUT2D eigenvalue weighted by Crippen LogP contribution is 2.44. The second kappa shape index (κ2) is 7.05. The van der Waals surface area contributed by atoms with E-state index in [1.807, 2.05) is 13.0 Å². The van der Waals surface area contributed by atoms with Crippen LogP contribution in [0.1, 0.15) is 78.8 Å². The van der Waals surface area contributed by atoms with E-state index in [0.717, 1.165) is 5.56 Å². The summed E-state index contributed by atoms with van der Waals surface area (Å²) in [6.07, 6.45) is 5.45. The second-order valence-electron chi connectivity index (χ2n) is 7.23. The molecule has 0 radical (unpaired) electrons. The van der Waals surface area contributed by atoms with Gasteiger partial charge in [-0.2, -0.15) is 4.98 Å². The number of hydrogen-bond donors (Lipinski definition) is 1. The van der Waals surface area contributed by atoms with E-state index < -0.39 is 0 Å². The molecule has 4 rings (SSSR count). The molecule has 1 amide bonds. The molecular formula is C19H24N4O3. The zero-order valence-corrected chi connectivity index (χ0v) is 15.2. The Hall–Kier alpha value is -2.44. The van der Waals surface area contributed by atoms with E-state index in [2.05, 4.69) is 20.4 Å². The molecule has 2 aliphatic rings. The summed E-state index contributed by atoms with van der Waals surface area (Å²) in [6, 6.07) is 3.46. The predicted octanol–water partition coefficient (Wildman–Crippen LogP) is 3.32. The Morgan fingerprint density at radius 1 is 1.31 bits per heavy atom. The molecule has 0 bridgehead atoms. The van der Waals surface area contributed by atoms with Crippen molar-refractivity contribution in [2.75, 3.05) is 6.61 Å². The minimum atomic E-state index is -0.305. The van der Waals surface area contributed by atoms with Gasteiger partial charge in [-0.3, -0.25) is 4.79 Å². The van der Waals surface area contributed by atoms with Gasteiger partial charge in [0.25, 0.3) is 5.91 Å². The fourth-order valence-electron chi connectivity index (χ4n) is 2.92. The average Bonchev–Trinajstić information content (AvgIpc) is 3.57. The largest absolute Gasteiger partial charge is 0.477 e. The van der Waals surface area contributed by atoms with Gasteiger partial charge in [-0.05, 0) is 50.0 Å². The van der Waals surface area contributed by atoms with Crippen molar-refractivity contribution in [3.8, 4) is 5.88 Å². The molecule has 1 atom stereocenters. The van der Waals surface area contributed by atoms with Crippen LogP contribution >= 0.6 is 0 Å². The van der Waals surface area contributed by atoms with E-state index in [0.29, 0.717) is 48.2 Å². The van der Waals surface area contributed by atoms with E-state index in [1.54, 1.807) is 13.0 Å². The lowest BCUT2D eigenvalue weighted by Crippen LogP contribution is -2.29. The maximum absolute atomic E-state index is 12.7. The van der Waals surface area contributed by atoms with Crippen LogP contribution in [0.15, 0.2) is 16.7 Å². The fourth-order valence-corrected chi connectivity index (χ4v) is 2.92. The van der Waals surface area contributed by atoms with E-state index in [9.17, 15) is 4.79 Å². The molecule has 0 spiro atoms. The molecule has 7 heteroatoms. The molecule has 2 heterocycles. The summed E-state index contributed by atoms with van der Waals surface area (Å²) in [6.45, 7) is 4.38. The molecule has 0 aliphatic heterocycles. The maximum atomic E-state index is 12.7. The number of pyridine rings is 1. The Bertz CT molecular complexity index is 796.